The van der Waals surface area contributed by atoms with Gasteiger partial charge in [0.25, 0.3) is 0 Å². The first kappa shape index (κ1) is 39.8. The number of methoxy groups -OCH3 is 1. The largest absolute Gasteiger partial charge is 0.497 e. The summed E-state index contributed by atoms with van der Waals surface area (Å²) in [4.78, 5) is 0. The fourth-order valence-corrected chi connectivity index (χ4v) is 7.22. The Morgan fingerprint density at radius 1 is 0.518 bits per heavy atom. The summed E-state index contributed by atoms with van der Waals surface area (Å²) >= 11 is 0. The lowest BCUT2D eigenvalue weighted by Crippen LogP contribution is -2.61. The van der Waals surface area contributed by atoms with Gasteiger partial charge in [-0.2, -0.15) is 0 Å². The molecule has 2 heterocycles. The Bertz CT molecular complexity index is 1830. The normalized spacial score (nSPS) is 25.1. The van der Waals surface area contributed by atoms with Crippen LogP contribution < -0.4 is 4.74 Å². The van der Waals surface area contributed by atoms with Gasteiger partial charge in [0, 0.05) is 5.56 Å². The van der Waals surface area contributed by atoms with Crippen molar-refractivity contribution in [3.8, 4) is 5.75 Å². The Morgan fingerprint density at radius 3 is 1.50 bits per heavy atom. The maximum absolute atomic E-state index is 11.1. The van der Waals surface area contributed by atoms with Crippen molar-refractivity contribution < 1.29 is 43.0 Å². The molecule has 2 aliphatic heterocycles. The monoisotopic (exact) mass is 760 g/mol. The molecule has 1 N–H and O–H groups in total. The highest BCUT2D eigenvalue weighted by atomic mass is 16.7. The third-order valence-electron chi connectivity index (χ3n) is 10.2. The van der Waals surface area contributed by atoms with E-state index in [0.29, 0.717) is 39.3 Å². The lowest BCUT2D eigenvalue weighted by atomic mass is 9.90. The van der Waals surface area contributed by atoms with Crippen LogP contribution in [0.4, 0.5) is 0 Å². The SMILES string of the molecule is COc1ccc(C2OC[C@@H](O)[C@@H](CC[C@@H]3O[C@H](COCc4ccccc4)[C@H](OCc4ccccc4)[C@H](OCc4ccccc4)[C@H]3OCc3ccccc3)O2)cc1. The summed E-state index contributed by atoms with van der Waals surface area (Å²) in [6.07, 6.45) is -3.45. The number of aliphatic hydroxyl groups excluding tert-OH is 1. The number of hydrogen-bond donors (Lipinski definition) is 1. The summed E-state index contributed by atoms with van der Waals surface area (Å²) in [5, 5.41) is 11.1. The van der Waals surface area contributed by atoms with Gasteiger partial charge in [-0.3, -0.25) is 0 Å². The predicted molar refractivity (Wildman–Crippen MR) is 212 cm³/mol. The van der Waals surface area contributed by atoms with Crippen LogP contribution in [0.1, 0.15) is 46.9 Å². The van der Waals surface area contributed by atoms with Crippen molar-refractivity contribution in [1.29, 1.82) is 0 Å². The number of rotatable bonds is 18. The van der Waals surface area contributed by atoms with E-state index in [0.717, 1.165) is 33.6 Å². The van der Waals surface area contributed by atoms with Crippen LogP contribution in [0.5, 0.6) is 5.75 Å². The van der Waals surface area contributed by atoms with Crippen molar-refractivity contribution in [2.75, 3.05) is 20.3 Å². The molecule has 0 amide bonds. The van der Waals surface area contributed by atoms with Crippen LogP contribution in [0.2, 0.25) is 0 Å². The predicted octanol–water partition coefficient (Wildman–Crippen LogP) is 7.99. The van der Waals surface area contributed by atoms with Gasteiger partial charge in [0.05, 0.1) is 59.0 Å². The Balaban J connectivity index is 1.16. The molecule has 0 aliphatic carbocycles. The van der Waals surface area contributed by atoms with Crippen LogP contribution in [0.15, 0.2) is 146 Å². The molecule has 9 nitrogen and oxygen atoms in total. The van der Waals surface area contributed by atoms with Crippen LogP contribution >= 0.6 is 0 Å². The van der Waals surface area contributed by atoms with Crippen LogP contribution in [0.25, 0.3) is 0 Å². The molecule has 9 heteroatoms. The zero-order valence-corrected chi connectivity index (χ0v) is 31.8. The van der Waals surface area contributed by atoms with Crippen LogP contribution in [-0.2, 0) is 59.6 Å². The number of benzene rings is 5. The van der Waals surface area contributed by atoms with Crippen LogP contribution in [0, 0.1) is 0 Å². The number of hydrogen-bond acceptors (Lipinski definition) is 9. The minimum Gasteiger partial charge on any atom is -0.497 e. The van der Waals surface area contributed by atoms with E-state index in [1.54, 1.807) is 7.11 Å². The Morgan fingerprint density at radius 2 is 0.982 bits per heavy atom. The number of ether oxygens (including phenoxy) is 8. The first-order valence-electron chi connectivity index (χ1n) is 19.5. The summed E-state index contributed by atoms with van der Waals surface area (Å²) in [7, 11) is 1.63. The van der Waals surface area contributed by atoms with Crippen molar-refractivity contribution in [2.45, 2.75) is 88.3 Å². The molecule has 0 radical (unpaired) electrons. The zero-order chi connectivity index (χ0) is 38.4. The van der Waals surface area contributed by atoms with Crippen molar-refractivity contribution in [3.63, 3.8) is 0 Å². The first-order chi connectivity index (χ1) is 27.6. The molecule has 0 spiro atoms. The molecule has 0 bridgehead atoms. The molecule has 2 fully saturated rings. The Kier molecular flexibility index (Phi) is 14.7. The molecular weight excluding hydrogens is 709 g/mol. The lowest BCUT2D eigenvalue weighted by molar-refractivity contribution is -0.280. The third kappa shape index (κ3) is 11.1. The second-order valence-electron chi connectivity index (χ2n) is 14.3. The van der Waals surface area contributed by atoms with Crippen LogP contribution in [0.3, 0.4) is 0 Å². The molecule has 5 aromatic carbocycles. The fourth-order valence-electron chi connectivity index (χ4n) is 7.22. The average Bonchev–Trinajstić information content (AvgIpc) is 3.26. The molecule has 294 valence electrons. The van der Waals surface area contributed by atoms with E-state index in [-0.39, 0.29) is 13.2 Å². The van der Waals surface area contributed by atoms with Gasteiger partial charge in [-0.05, 0) is 47.2 Å². The quantitative estimate of drug-likeness (QED) is 0.0955. The highest BCUT2D eigenvalue weighted by molar-refractivity contribution is 5.28. The van der Waals surface area contributed by atoms with E-state index in [4.69, 9.17) is 37.9 Å². The molecule has 0 saturated carbocycles. The molecule has 0 aromatic heterocycles. The van der Waals surface area contributed by atoms with Gasteiger partial charge in [0.2, 0.25) is 0 Å². The smallest absolute Gasteiger partial charge is 0.184 e. The molecule has 2 saturated heterocycles. The average molecular weight is 761 g/mol. The van der Waals surface area contributed by atoms with Crippen LogP contribution in [-0.4, -0.2) is 68.2 Å². The molecule has 1 unspecified atom stereocenters. The summed E-state index contributed by atoms with van der Waals surface area (Å²) in [5.41, 5.74) is 5.04. The van der Waals surface area contributed by atoms with Crippen molar-refractivity contribution >= 4 is 0 Å². The highest BCUT2D eigenvalue weighted by Gasteiger charge is 2.48. The minimum atomic E-state index is -0.811. The molecule has 56 heavy (non-hydrogen) atoms. The molecule has 7 rings (SSSR count). The summed E-state index contributed by atoms with van der Waals surface area (Å²) < 4.78 is 51.6. The Hall–Kier alpha value is -4.42. The second kappa shape index (κ2) is 20.7. The van der Waals surface area contributed by atoms with Crippen molar-refractivity contribution in [1.82, 2.24) is 0 Å². The van der Waals surface area contributed by atoms with Gasteiger partial charge in [0.1, 0.15) is 36.3 Å². The van der Waals surface area contributed by atoms with E-state index in [9.17, 15) is 5.11 Å². The van der Waals surface area contributed by atoms with Gasteiger partial charge >= 0.3 is 0 Å². The lowest BCUT2D eigenvalue weighted by Gasteiger charge is -2.47. The van der Waals surface area contributed by atoms with E-state index in [1.165, 1.54) is 0 Å². The zero-order valence-electron chi connectivity index (χ0n) is 31.8. The maximum atomic E-state index is 11.1. The number of aliphatic hydroxyl groups is 1. The standard InChI is InChI=1S/C47H52O9/c1-49-39-24-22-38(23-25-39)47-54-32-40(48)41(56-47)26-27-42-44(51-29-35-16-8-3-9-17-35)46(53-31-37-20-12-5-13-21-37)45(52-30-36-18-10-4-11-19-36)43(55-42)33-50-28-34-14-6-2-7-15-34/h2-25,40-48H,26-33H2,1H3/t40-,41-,42+,43-,44+,45+,46-,47?/m1/s1. The van der Waals surface area contributed by atoms with Gasteiger partial charge in [0.15, 0.2) is 6.29 Å². The fraction of sp³-hybridized carbons (Fsp3) is 0.362. The van der Waals surface area contributed by atoms with E-state index in [1.807, 2.05) is 121 Å². The molecular formula is C47H52O9. The van der Waals surface area contributed by atoms with Crippen molar-refractivity contribution in [2.24, 2.45) is 0 Å². The van der Waals surface area contributed by atoms with Gasteiger partial charge in [-0.25, -0.2) is 0 Å². The summed E-state index contributed by atoms with van der Waals surface area (Å²) in [6, 6.07) is 48.0. The van der Waals surface area contributed by atoms with Gasteiger partial charge in [-0.15, -0.1) is 0 Å². The first-order valence-corrected chi connectivity index (χ1v) is 19.5. The highest BCUT2D eigenvalue weighted by Crippen LogP contribution is 2.35. The molecule has 5 aromatic rings. The topological polar surface area (TPSA) is 94.1 Å². The van der Waals surface area contributed by atoms with E-state index >= 15 is 0 Å². The molecule has 8 atom stereocenters. The maximum Gasteiger partial charge on any atom is 0.184 e. The third-order valence-corrected chi connectivity index (χ3v) is 10.2. The van der Waals surface area contributed by atoms with Crippen molar-refractivity contribution in [3.05, 3.63) is 173 Å². The van der Waals surface area contributed by atoms with E-state index in [2.05, 4.69) is 24.3 Å². The summed E-state index contributed by atoms with van der Waals surface area (Å²) in [5.74, 6) is 0.745. The molecule has 2 aliphatic rings. The van der Waals surface area contributed by atoms with E-state index < -0.39 is 49.0 Å². The van der Waals surface area contributed by atoms with Gasteiger partial charge in [-0.1, -0.05) is 133 Å². The Labute approximate surface area is 330 Å². The van der Waals surface area contributed by atoms with Gasteiger partial charge < -0.3 is 43.0 Å². The summed E-state index contributed by atoms with van der Waals surface area (Å²) in [6.45, 7) is 1.92. The minimum absolute atomic E-state index is 0.148. The second-order valence-corrected chi connectivity index (χ2v) is 14.3.